The summed E-state index contributed by atoms with van der Waals surface area (Å²) in [5.74, 6) is 1.78. The Kier molecular flexibility index (Phi) is 3.11. The van der Waals surface area contributed by atoms with E-state index in [1.54, 1.807) is 0 Å². The van der Waals surface area contributed by atoms with E-state index in [0.717, 1.165) is 24.3 Å². The standard InChI is InChI=1S/C12H17NO2/c1-2-14-10-3-5-11(6-4-10)15-12-7-9(13)8-12/h3-6,9,12H,2,7-8,13H2,1H3. The minimum Gasteiger partial charge on any atom is -0.494 e. The highest BCUT2D eigenvalue weighted by molar-refractivity contribution is 5.31. The predicted octanol–water partition coefficient (Wildman–Crippen LogP) is 1.95. The van der Waals surface area contributed by atoms with Crippen LogP contribution >= 0.6 is 0 Å². The van der Waals surface area contributed by atoms with Gasteiger partial charge in [-0.3, -0.25) is 0 Å². The van der Waals surface area contributed by atoms with Crippen LogP contribution in [0.3, 0.4) is 0 Å². The normalized spacial score (nSPS) is 24.4. The lowest BCUT2D eigenvalue weighted by Crippen LogP contribution is -2.43. The Morgan fingerprint density at radius 2 is 1.80 bits per heavy atom. The lowest BCUT2D eigenvalue weighted by Gasteiger charge is -2.32. The van der Waals surface area contributed by atoms with Crippen LogP contribution in [0.5, 0.6) is 11.5 Å². The number of rotatable bonds is 4. The van der Waals surface area contributed by atoms with Gasteiger partial charge in [-0.25, -0.2) is 0 Å². The van der Waals surface area contributed by atoms with E-state index in [-0.39, 0.29) is 0 Å². The molecule has 0 amide bonds. The van der Waals surface area contributed by atoms with Gasteiger partial charge in [-0.1, -0.05) is 0 Å². The van der Waals surface area contributed by atoms with Crippen molar-refractivity contribution in [2.75, 3.05) is 6.61 Å². The van der Waals surface area contributed by atoms with Crippen molar-refractivity contribution in [2.24, 2.45) is 5.73 Å². The van der Waals surface area contributed by atoms with Crippen molar-refractivity contribution in [1.82, 2.24) is 0 Å². The minimum atomic E-state index is 0.304. The largest absolute Gasteiger partial charge is 0.494 e. The van der Waals surface area contributed by atoms with Crippen LogP contribution in [0.4, 0.5) is 0 Å². The van der Waals surface area contributed by atoms with Gasteiger partial charge in [0.1, 0.15) is 17.6 Å². The van der Waals surface area contributed by atoms with Gasteiger partial charge in [0.2, 0.25) is 0 Å². The number of nitrogens with two attached hydrogens (primary N) is 1. The molecule has 0 atom stereocenters. The summed E-state index contributed by atoms with van der Waals surface area (Å²) in [7, 11) is 0. The van der Waals surface area contributed by atoms with Gasteiger partial charge in [0.05, 0.1) is 6.61 Å². The zero-order valence-corrected chi connectivity index (χ0v) is 8.98. The fourth-order valence-corrected chi connectivity index (χ4v) is 1.68. The molecule has 0 heterocycles. The van der Waals surface area contributed by atoms with Crippen LogP contribution < -0.4 is 15.2 Å². The molecule has 1 aliphatic rings. The maximum absolute atomic E-state index is 5.72. The Labute approximate surface area is 90.2 Å². The number of hydrogen-bond donors (Lipinski definition) is 1. The summed E-state index contributed by atoms with van der Waals surface area (Å²) in [5.41, 5.74) is 5.69. The average Bonchev–Trinajstić information content (AvgIpc) is 2.19. The van der Waals surface area contributed by atoms with E-state index < -0.39 is 0 Å². The van der Waals surface area contributed by atoms with Gasteiger partial charge < -0.3 is 15.2 Å². The third-order valence-electron chi connectivity index (χ3n) is 2.57. The molecule has 3 heteroatoms. The third kappa shape index (κ3) is 2.63. The molecule has 0 unspecified atom stereocenters. The topological polar surface area (TPSA) is 44.5 Å². The van der Waals surface area contributed by atoms with Crippen LogP contribution in [0.1, 0.15) is 19.8 Å². The van der Waals surface area contributed by atoms with Gasteiger partial charge in [0.25, 0.3) is 0 Å². The Hall–Kier alpha value is -1.22. The van der Waals surface area contributed by atoms with Crippen molar-refractivity contribution in [3.05, 3.63) is 24.3 Å². The van der Waals surface area contributed by atoms with Crippen molar-refractivity contribution in [2.45, 2.75) is 31.9 Å². The lowest BCUT2D eigenvalue weighted by molar-refractivity contribution is 0.101. The molecule has 2 N–H and O–H groups in total. The van der Waals surface area contributed by atoms with E-state index in [1.165, 1.54) is 0 Å². The monoisotopic (exact) mass is 207 g/mol. The van der Waals surface area contributed by atoms with Crippen LogP contribution in [0, 0.1) is 0 Å². The van der Waals surface area contributed by atoms with Crippen molar-refractivity contribution >= 4 is 0 Å². The summed E-state index contributed by atoms with van der Waals surface area (Å²) in [6, 6.07) is 8.07. The zero-order chi connectivity index (χ0) is 10.7. The zero-order valence-electron chi connectivity index (χ0n) is 8.98. The second-order valence-corrected chi connectivity index (χ2v) is 3.88. The van der Waals surface area contributed by atoms with Gasteiger partial charge in [-0.2, -0.15) is 0 Å². The molecule has 1 aromatic carbocycles. The minimum absolute atomic E-state index is 0.304. The van der Waals surface area contributed by atoms with Crippen molar-refractivity contribution in [3.8, 4) is 11.5 Å². The van der Waals surface area contributed by atoms with Gasteiger partial charge in [0, 0.05) is 6.04 Å². The fourth-order valence-electron chi connectivity index (χ4n) is 1.68. The van der Waals surface area contributed by atoms with E-state index in [4.69, 9.17) is 15.2 Å². The van der Waals surface area contributed by atoms with Crippen LogP contribution in [-0.2, 0) is 0 Å². The Morgan fingerprint density at radius 3 is 2.33 bits per heavy atom. The first kappa shape index (κ1) is 10.3. The van der Waals surface area contributed by atoms with Gasteiger partial charge in [-0.15, -0.1) is 0 Å². The molecule has 1 aromatic rings. The molecule has 0 aliphatic heterocycles. The van der Waals surface area contributed by atoms with E-state index in [9.17, 15) is 0 Å². The smallest absolute Gasteiger partial charge is 0.119 e. The SMILES string of the molecule is CCOc1ccc(OC2CC(N)C2)cc1. The van der Waals surface area contributed by atoms with Crippen LogP contribution in [0.25, 0.3) is 0 Å². The Bertz CT molecular complexity index is 304. The molecule has 0 spiro atoms. The van der Waals surface area contributed by atoms with Crippen LogP contribution in [0.2, 0.25) is 0 Å². The summed E-state index contributed by atoms with van der Waals surface area (Å²) in [6.45, 7) is 2.66. The molecule has 0 aromatic heterocycles. The molecule has 15 heavy (non-hydrogen) atoms. The summed E-state index contributed by atoms with van der Waals surface area (Å²) in [6.07, 6.45) is 2.23. The second-order valence-electron chi connectivity index (χ2n) is 3.88. The maximum atomic E-state index is 5.72. The summed E-state index contributed by atoms with van der Waals surface area (Å²) >= 11 is 0. The molecule has 1 fully saturated rings. The van der Waals surface area contributed by atoms with E-state index in [2.05, 4.69) is 0 Å². The van der Waals surface area contributed by atoms with E-state index in [1.807, 2.05) is 31.2 Å². The highest BCUT2D eigenvalue weighted by Gasteiger charge is 2.27. The van der Waals surface area contributed by atoms with E-state index in [0.29, 0.717) is 18.8 Å². The lowest BCUT2D eigenvalue weighted by atomic mass is 9.90. The summed E-state index contributed by atoms with van der Waals surface area (Å²) in [4.78, 5) is 0. The molecule has 0 bridgehead atoms. The molecule has 1 saturated carbocycles. The third-order valence-corrected chi connectivity index (χ3v) is 2.57. The fraction of sp³-hybridized carbons (Fsp3) is 0.500. The summed E-state index contributed by atoms with van der Waals surface area (Å²) < 4.78 is 11.1. The first-order chi connectivity index (χ1) is 7.28. The van der Waals surface area contributed by atoms with Gasteiger partial charge in [-0.05, 0) is 44.0 Å². The van der Waals surface area contributed by atoms with Crippen molar-refractivity contribution in [3.63, 3.8) is 0 Å². The molecule has 1 aliphatic carbocycles. The average molecular weight is 207 g/mol. The van der Waals surface area contributed by atoms with Gasteiger partial charge >= 0.3 is 0 Å². The molecule has 0 radical (unpaired) electrons. The predicted molar refractivity (Wildman–Crippen MR) is 59.2 cm³/mol. The number of benzene rings is 1. The van der Waals surface area contributed by atoms with Crippen molar-refractivity contribution < 1.29 is 9.47 Å². The van der Waals surface area contributed by atoms with Gasteiger partial charge in [0.15, 0.2) is 0 Å². The van der Waals surface area contributed by atoms with Crippen LogP contribution in [-0.4, -0.2) is 18.8 Å². The highest BCUT2D eigenvalue weighted by atomic mass is 16.5. The number of hydrogen-bond acceptors (Lipinski definition) is 3. The molecule has 2 rings (SSSR count). The number of ether oxygens (including phenoxy) is 2. The molecule has 82 valence electrons. The molecule has 0 saturated heterocycles. The highest BCUT2D eigenvalue weighted by Crippen LogP contribution is 2.25. The summed E-state index contributed by atoms with van der Waals surface area (Å²) in [5, 5.41) is 0. The first-order valence-electron chi connectivity index (χ1n) is 5.43. The first-order valence-corrected chi connectivity index (χ1v) is 5.43. The van der Waals surface area contributed by atoms with Crippen molar-refractivity contribution in [1.29, 1.82) is 0 Å². The van der Waals surface area contributed by atoms with Crippen LogP contribution in [0.15, 0.2) is 24.3 Å². The van der Waals surface area contributed by atoms with E-state index >= 15 is 0 Å². The molecular weight excluding hydrogens is 190 g/mol. The molecular formula is C12H17NO2. The second kappa shape index (κ2) is 4.53. The maximum Gasteiger partial charge on any atom is 0.119 e. The quantitative estimate of drug-likeness (QED) is 0.820. The Balaban J connectivity index is 1.87. The Morgan fingerprint density at radius 1 is 1.20 bits per heavy atom. The molecule has 3 nitrogen and oxygen atoms in total.